The zero-order chi connectivity index (χ0) is 13.1. The normalized spacial score (nSPS) is 20.6. The van der Waals surface area contributed by atoms with E-state index >= 15 is 0 Å². The van der Waals surface area contributed by atoms with Crippen LogP contribution in [0.5, 0.6) is 0 Å². The number of rotatable bonds is 2. The van der Waals surface area contributed by atoms with E-state index in [1.165, 1.54) is 48.2 Å². The summed E-state index contributed by atoms with van der Waals surface area (Å²) < 4.78 is 12.9. The molecule has 0 N–H and O–H groups in total. The molecular formula is C17H19FSi. The Morgan fingerprint density at radius 2 is 1.32 bits per heavy atom. The Morgan fingerprint density at radius 1 is 0.789 bits per heavy atom. The highest BCUT2D eigenvalue weighted by Crippen LogP contribution is 2.32. The Labute approximate surface area is 116 Å². The van der Waals surface area contributed by atoms with E-state index in [1.807, 2.05) is 12.1 Å². The SMILES string of the molecule is Fc1ccc(-c2ccc(C3CC[SiH2]CC3)cc2)cc1. The summed E-state index contributed by atoms with van der Waals surface area (Å²) in [7, 11) is 0.283. The van der Waals surface area contributed by atoms with Gasteiger partial charge in [-0.3, -0.25) is 0 Å². The van der Waals surface area contributed by atoms with Crippen molar-refractivity contribution in [3.05, 3.63) is 59.9 Å². The molecule has 1 heterocycles. The Kier molecular flexibility index (Phi) is 3.78. The molecule has 98 valence electrons. The van der Waals surface area contributed by atoms with Crippen molar-refractivity contribution in [2.24, 2.45) is 0 Å². The summed E-state index contributed by atoms with van der Waals surface area (Å²) >= 11 is 0. The number of benzene rings is 2. The van der Waals surface area contributed by atoms with E-state index in [1.54, 1.807) is 0 Å². The van der Waals surface area contributed by atoms with E-state index in [-0.39, 0.29) is 15.3 Å². The van der Waals surface area contributed by atoms with E-state index in [2.05, 4.69) is 24.3 Å². The molecule has 1 saturated heterocycles. The third-order valence-corrected chi connectivity index (χ3v) is 5.98. The molecule has 3 rings (SSSR count). The Bertz CT molecular complexity index is 524. The van der Waals surface area contributed by atoms with Gasteiger partial charge >= 0.3 is 0 Å². The third-order valence-electron chi connectivity index (χ3n) is 4.16. The molecule has 0 saturated carbocycles. The van der Waals surface area contributed by atoms with Crippen LogP contribution in [0.2, 0.25) is 12.1 Å². The molecule has 0 bridgehead atoms. The maximum Gasteiger partial charge on any atom is 0.123 e. The lowest BCUT2D eigenvalue weighted by Crippen LogP contribution is -2.08. The van der Waals surface area contributed by atoms with Gasteiger partial charge in [-0.1, -0.05) is 48.5 Å². The molecule has 2 aromatic carbocycles. The first-order chi connectivity index (χ1) is 9.33. The largest absolute Gasteiger partial charge is 0.207 e. The number of hydrogen-bond donors (Lipinski definition) is 0. The number of halogens is 1. The molecule has 0 unspecified atom stereocenters. The van der Waals surface area contributed by atoms with Gasteiger partial charge in [0.2, 0.25) is 0 Å². The summed E-state index contributed by atoms with van der Waals surface area (Å²) in [6.45, 7) is 0. The van der Waals surface area contributed by atoms with Crippen molar-refractivity contribution in [3.8, 4) is 11.1 Å². The molecule has 0 atom stereocenters. The maximum atomic E-state index is 12.9. The van der Waals surface area contributed by atoms with Crippen LogP contribution in [0.25, 0.3) is 11.1 Å². The van der Waals surface area contributed by atoms with Crippen LogP contribution in [0.4, 0.5) is 4.39 Å². The van der Waals surface area contributed by atoms with E-state index in [9.17, 15) is 4.39 Å². The molecule has 0 radical (unpaired) electrons. The van der Waals surface area contributed by atoms with Gasteiger partial charge in [-0.15, -0.1) is 0 Å². The van der Waals surface area contributed by atoms with Gasteiger partial charge in [-0.2, -0.15) is 0 Å². The van der Waals surface area contributed by atoms with Gasteiger partial charge in [0, 0.05) is 9.52 Å². The van der Waals surface area contributed by atoms with Crippen LogP contribution >= 0.6 is 0 Å². The highest BCUT2D eigenvalue weighted by atomic mass is 28.2. The van der Waals surface area contributed by atoms with Crippen LogP contribution in [0.3, 0.4) is 0 Å². The molecule has 1 fully saturated rings. The first-order valence-electron chi connectivity index (χ1n) is 7.19. The van der Waals surface area contributed by atoms with Crippen LogP contribution in [0.15, 0.2) is 48.5 Å². The fourth-order valence-electron chi connectivity index (χ4n) is 3.03. The summed E-state index contributed by atoms with van der Waals surface area (Å²) in [6.07, 6.45) is 2.78. The molecule has 1 aliphatic rings. The van der Waals surface area contributed by atoms with Crippen molar-refractivity contribution in [1.82, 2.24) is 0 Å². The highest BCUT2D eigenvalue weighted by Gasteiger charge is 2.15. The molecule has 19 heavy (non-hydrogen) atoms. The average Bonchev–Trinajstić information content (AvgIpc) is 2.49. The van der Waals surface area contributed by atoms with E-state index < -0.39 is 0 Å². The summed E-state index contributed by atoms with van der Waals surface area (Å²) in [5, 5.41) is 0. The van der Waals surface area contributed by atoms with Gasteiger partial charge in [-0.05, 0) is 47.6 Å². The van der Waals surface area contributed by atoms with Crippen LogP contribution in [-0.2, 0) is 0 Å². The van der Waals surface area contributed by atoms with Gasteiger partial charge in [0.15, 0.2) is 0 Å². The number of hydrogen-bond acceptors (Lipinski definition) is 0. The second-order valence-corrected chi connectivity index (χ2v) is 7.59. The zero-order valence-electron chi connectivity index (χ0n) is 11.1. The summed E-state index contributed by atoms with van der Waals surface area (Å²) in [4.78, 5) is 0. The predicted octanol–water partition coefficient (Wildman–Crippen LogP) is 4.38. The topological polar surface area (TPSA) is 0 Å². The van der Waals surface area contributed by atoms with Gasteiger partial charge in [-0.25, -0.2) is 4.39 Å². The predicted molar refractivity (Wildman–Crippen MR) is 82.0 cm³/mol. The second kappa shape index (κ2) is 5.70. The average molecular weight is 270 g/mol. The lowest BCUT2D eigenvalue weighted by atomic mass is 9.92. The minimum atomic E-state index is -0.174. The van der Waals surface area contributed by atoms with Crippen molar-refractivity contribution >= 4 is 9.52 Å². The highest BCUT2D eigenvalue weighted by molar-refractivity contribution is 6.35. The summed E-state index contributed by atoms with van der Waals surface area (Å²) in [5.41, 5.74) is 3.75. The quantitative estimate of drug-likeness (QED) is 0.711. The van der Waals surface area contributed by atoms with Crippen molar-refractivity contribution in [2.45, 2.75) is 30.8 Å². The molecule has 0 nitrogen and oxygen atoms in total. The molecule has 0 amide bonds. The van der Waals surface area contributed by atoms with E-state index in [4.69, 9.17) is 0 Å². The fourth-order valence-corrected chi connectivity index (χ4v) is 4.94. The molecular weight excluding hydrogens is 251 g/mol. The second-order valence-electron chi connectivity index (χ2n) is 5.46. The molecule has 0 spiro atoms. The third kappa shape index (κ3) is 2.95. The monoisotopic (exact) mass is 270 g/mol. The molecule has 0 aromatic heterocycles. The molecule has 0 aliphatic carbocycles. The van der Waals surface area contributed by atoms with Crippen molar-refractivity contribution in [1.29, 1.82) is 0 Å². The van der Waals surface area contributed by atoms with Crippen molar-refractivity contribution in [3.63, 3.8) is 0 Å². The van der Waals surface area contributed by atoms with E-state index in [0.29, 0.717) is 0 Å². The minimum Gasteiger partial charge on any atom is -0.207 e. The van der Waals surface area contributed by atoms with Crippen LogP contribution in [0, 0.1) is 5.82 Å². The van der Waals surface area contributed by atoms with Crippen molar-refractivity contribution in [2.75, 3.05) is 0 Å². The maximum absolute atomic E-state index is 12.9. The van der Waals surface area contributed by atoms with E-state index in [0.717, 1.165) is 11.5 Å². The van der Waals surface area contributed by atoms with Crippen molar-refractivity contribution < 1.29 is 4.39 Å². The lowest BCUT2D eigenvalue weighted by molar-refractivity contribution is 0.615. The van der Waals surface area contributed by atoms with Gasteiger partial charge < -0.3 is 0 Å². The molecule has 2 heteroatoms. The zero-order valence-corrected chi connectivity index (χ0v) is 12.5. The lowest BCUT2D eigenvalue weighted by Gasteiger charge is -2.21. The fraction of sp³-hybridized carbons (Fsp3) is 0.294. The first-order valence-corrected chi connectivity index (χ1v) is 9.19. The van der Waals surface area contributed by atoms with Crippen LogP contribution in [0.1, 0.15) is 24.3 Å². The molecule has 2 aromatic rings. The minimum absolute atomic E-state index is 0.174. The summed E-state index contributed by atoms with van der Waals surface area (Å²) in [6, 6.07) is 18.6. The summed E-state index contributed by atoms with van der Waals surface area (Å²) in [5.74, 6) is 0.607. The van der Waals surface area contributed by atoms with Crippen LogP contribution < -0.4 is 0 Å². The van der Waals surface area contributed by atoms with Gasteiger partial charge in [0.1, 0.15) is 5.82 Å². The Hall–Kier alpha value is -1.41. The Morgan fingerprint density at radius 3 is 1.89 bits per heavy atom. The standard InChI is InChI=1S/C17H19FSi/c18-17-7-5-15(6-8-17)13-1-3-14(4-2-13)16-9-11-19-12-10-16/h1-8,16H,9-12,19H2. The van der Waals surface area contributed by atoms with Gasteiger partial charge in [0.25, 0.3) is 0 Å². The smallest absolute Gasteiger partial charge is 0.123 e. The molecule has 1 aliphatic heterocycles. The Balaban J connectivity index is 1.80. The first kappa shape index (κ1) is 12.6. The van der Waals surface area contributed by atoms with Crippen LogP contribution in [-0.4, -0.2) is 9.52 Å². The van der Waals surface area contributed by atoms with Gasteiger partial charge in [0.05, 0.1) is 0 Å².